The number of hydrogen-bond acceptors (Lipinski definition) is 4. The van der Waals surface area contributed by atoms with Gasteiger partial charge in [-0.3, -0.25) is 4.79 Å². The highest BCUT2D eigenvalue weighted by molar-refractivity contribution is 7.99. The standard InChI is InChI=1S/C17H16O3S/c1-20-17(19)11-16(13-7-3-2-4-8-13)21-15-10-6-5-9-14(15)12-18/h2-12,16,19H,1H3/p-1/b17-11+. The van der Waals surface area contributed by atoms with E-state index in [1.54, 1.807) is 6.07 Å². The van der Waals surface area contributed by atoms with Crippen molar-refractivity contribution < 1.29 is 14.6 Å². The molecule has 1 atom stereocenters. The van der Waals surface area contributed by atoms with Crippen molar-refractivity contribution in [2.24, 2.45) is 0 Å². The van der Waals surface area contributed by atoms with Gasteiger partial charge in [-0.15, -0.1) is 11.8 Å². The Hall–Kier alpha value is -2.20. The van der Waals surface area contributed by atoms with Crippen LogP contribution in [0.3, 0.4) is 0 Å². The molecule has 0 bridgehead atoms. The molecule has 0 heterocycles. The number of carbonyl (C=O) groups excluding carboxylic acids is 1. The smallest absolute Gasteiger partial charge is 0.151 e. The van der Waals surface area contributed by atoms with Gasteiger partial charge in [0.1, 0.15) is 0 Å². The highest BCUT2D eigenvalue weighted by Gasteiger charge is 2.12. The van der Waals surface area contributed by atoms with Gasteiger partial charge in [-0.05, 0) is 24.8 Å². The SMILES string of the molecule is CO/C([O-])=C/C(Sc1ccccc1C=O)c1ccccc1. The quantitative estimate of drug-likeness (QED) is 0.467. The third-order valence-electron chi connectivity index (χ3n) is 2.92. The molecule has 0 spiro atoms. The molecule has 21 heavy (non-hydrogen) atoms. The number of carbonyl (C=O) groups is 1. The second kappa shape index (κ2) is 7.55. The van der Waals surface area contributed by atoms with Crippen molar-refractivity contribution in [3.8, 4) is 0 Å². The minimum absolute atomic E-state index is 0.209. The lowest BCUT2D eigenvalue weighted by atomic mass is 10.1. The van der Waals surface area contributed by atoms with Crippen LogP contribution in [0.15, 0.2) is 71.5 Å². The molecule has 0 aliphatic rings. The van der Waals surface area contributed by atoms with Gasteiger partial charge in [0.2, 0.25) is 0 Å². The molecule has 108 valence electrons. The third-order valence-corrected chi connectivity index (χ3v) is 4.20. The van der Waals surface area contributed by atoms with Gasteiger partial charge in [0, 0.05) is 16.4 Å². The first kappa shape index (κ1) is 15.2. The number of hydrogen-bond donors (Lipinski definition) is 0. The maximum atomic E-state index is 11.6. The van der Waals surface area contributed by atoms with E-state index in [0.29, 0.717) is 5.56 Å². The molecule has 0 aromatic heterocycles. The first-order valence-corrected chi connectivity index (χ1v) is 7.31. The van der Waals surface area contributed by atoms with Crippen molar-refractivity contribution in [2.45, 2.75) is 10.1 Å². The Morgan fingerprint density at radius 2 is 1.81 bits per heavy atom. The normalized spacial score (nSPS) is 12.7. The van der Waals surface area contributed by atoms with E-state index in [9.17, 15) is 9.90 Å². The van der Waals surface area contributed by atoms with E-state index in [-0.39, 0.29) is 11.2 Å². The van der Waals surface area contributed by atoms with Crippen LogP contribution in [0.25, 0.3) is 0 Å². The van der Waals surface area contributed by atoms with E-state index in [4.69, 9.17) is 4.74 Å². The molecule has 0 radical (unpaired) electrons. The van der Waals surface area contributed by atoms with Crippen LogP contribution in [-0.4, -0.2) is 13.4 Å². The van der Waals surface area contributed by atoms with E-state index in [1.165, 1.54) is 24.9 Å². The minimum atomic E-state index is -0.389. The Morgan fingerprint density at radius 3 is 2.48 bits per heavy atom. The molecule has 0 aliphatic carbocycles. The summed E-state index contributed by atoms with van der Waals surface area (Å²) in [4.78, 5) is 11.9. The molecule has 3 nitrogen and oxygen atoms in total. The summed E-state index contributed by atoms with van der Waals surface area (Å²) in [6.45, 7) is 0. The first-order valence-electron chi connectivity index (χ1n) is 6.43. The fraction of sp³-hybridized carbons (Fsp3) is 0.118. The Balaban J connectivity index is 2.34. The van der Waals surface area contributed by atoms with E-state index in [2.05, 4.69) is 0 Å². The second-order valence-corrected chi connectivity index (χ2v) is 5.48. The van der Waals surface area contributed by atoms with Crippen molar-refractivity contribution in [2.75, 3.05) is 7.11 Å². The summed E-state index contributed by atoms with van der Waals surface area (Å²) >= 11 is 1.45. The summed E-state index contributed by atoms with van der Waals surface area (Å²) in [5, 5.41) is 11.4. The van der Waals surface area contributed by atoms with Crippen LogP contribution in [0.2, 0.25) is 0 Å². The van der Waals surface area contributed by atoms with Crippen molar-refractivity contribution in [1.29, 1.82) is 0 Å². The number of ether oxygens (including phenoxy) is 1. The number of thioether (sulfide) groups is 1. The van der Waals surface area contributed by atoms with Crippen LogP contribution >= 0.6 is 11.8 Å². The lowest BCUT2D eigenvalue weighted by Crippen LogP contribution is -2.07. The predicted octanol–water partition coefficient (Wildman–Crippen LogP) is 3.18. The van der Waals surface area contributed by atoms with Gasteiger partial charge < -0.3 is 9.84 Å². The van der Waals surface area contributed by atoms with Crippen LogP contribution in [0, 0.1) is 0 Å². The molecular weight excluding hydrogens is 284 g/mol. The molecule has 2 rings (SSSR count). The molecule has 0 amide bonds. The van der Waals surface area contributed by atoms with Gasteiger partial charge in [0.15, 0.2) is 6.29 Å². The van der Waals surface area contributed by atoms with Gasteiger partial charge in [0.25, 0.3) is 0 Å². The first-order chi connectivity index (χ1) is 10.2. The van der Waals surface area contributed by atoms with Crippen molar-refractivity contribution in [3.63, 3.8) is 0 Å². The molecule has 0 N–H and O–H groups in total. The van der Waals surface area contributed by atoms with Gasteiger partial charge in [0.05, 0.1) is 5.25 Å². The summed E-state index contributed by atoms with van der Waals surface area (Å²) in [5.41, 5.74) is 1.59. The monoisotopic (exact) mass is 299 g/mol. The summed E-state index contributed by atoms with van der Waals surface area (Å²) in [6, 6.07) is 17.0. The molecule has 1 unspecified atom stereocenters. The molecular formula is C17H15O3S-. The molecule has 0 saturated heterocycles. The topological polar surface area (TPSA) is 49.4 Å². The Kier molecular flexibility index (Phi) is 5.46. The maximum Gasteiger partial charge on any atom is 0.151 e. The zero-order chi connectivity index (χ0) is 15.1. The molecule has 4 heteroatoms. The number of methoxy groups -OCH3 is 1. The van der Waals surface area contributed by atoms with E-state index in [0.717, 1.165) is 16.7 Å². The fourth-order valence-electron chi connectivity index (χ4n) is 1.85. The zero-order valence-corrected chi connectivity index (χ0v) is 12.4. The fourth-order valence-corrected chi connectivity index (χ4v) is 3.01. The largest absolute Gasteiger partial charge is 0.617 e. The zero-order valence-electron chi connectivity index (χ0n) is 11.6. The van der Waals surface area contributed by atoms with E-state index >= 15 is 0 Å². The summed E-state index contributed by atoms with van der Waals surface area (Å²) in [5.74, 6) is -0.389. The lowest BCUT2D eigenvalue weighted by Gasteiger charge is -2.17. The van der Waals surface area contributed by atoms with Gasteiger partial charge >= 0.3 is 0 Å². The molecule has 0 saturated carbocycles. The minimum Gasteiger partial charge on any atom is -0.617 e. The Labute approximate surface area is 128 Å². The molecule has 2 aromatic carbocycles. The Bertz CT molecular complexity index is 623. The third kappa shape index (κ3) is 4.13. The van der Waals surface area contributed by atoms with Crippen LogP contribution in [-0.2, 0) is 4.74 Å². The highest BCUT2D eigenvalue weighted by Crippen LogP contribution is 2.37. The second-order valence-electron chi connectivity index (χ2n) is 4.29. The van der Waals surface area contributed by atoms with Crippen molar-refractivity contribution >= 4 is 18.0 Å². The average Bonchev–Trinajstić information content (AvgIpc) is 2.55. The number of rotatable bonds is 6. The van der Waals surface area contributed by atoms with E-state index in [1.807, 2.05) is 48.5 Å². The summed E-state index contributed by atoms with van der Waals surface area (Å²) in [6.07, 6.45) is 2.34. The number of benzene rings is 2. The lowest BCUT2D eigenvalue weighted by molar-refractivity contribution is -0.353. The van der Waals surface area contributed by atoms with Crippen molar-refractivity contribution in [3.05, 3.63) is 77.7 Å². The van der Waals surface area contributed by atoms with Crippen LogP contribution in [0.5, 0.6) is 0 Å². The average molecular weight is 299 g/mol. The van der Waals surface area contributed by atoms with Crippen LogP contribution in [0.4, 0.5) is 0 Å². The van der Waals surface area contributed by atoms with Crippen LogP contribution < -0.4 is 5.11 Å². The van der Waals surface area contributed by atoms with Crippen LogP contribution in [0.1, 0.15) is 21.2 Å². The maximum absolute atomic E-state index is 11.6. The Morgan fingerprint density at radius 1 is 1.14 bits per heavy atom. The molecule has 2 aromatic rings. The van der Waals surface area contributed by atoms with Gasteiger partial charge in [-0.25, -0.2) is 0 Å². The summed E-state index contributed by atoms with van der Waals surface area (Å²) in [7, 11) is 1.35. The molecule has 0 fully saturated rings. The van der Waals surface area contributed by atoms with Gasteiger partial charge in [-0.2, -0.15) is 0 Å². The van der Waals surface area contributed by atoms with E-state index < -0.39 is 0 Å². The number of aldehydes is 1. The van der Waals surface area contributed by atoms with Gasteiger partial charge in [-0.1, -0.05) is 48.5 Å². The molecule has 0 aliphatic heterocycles. The highest BCUT2D eigenvalue weighted by atomic mass is 32.2. The van der Waals surface area contributed by atoms with Crippen molar-refractivity contribution in [1.82, 2.24) is 0 Å². The predicted molar refractivity (Wildman–Crippen MR) is 82.0 cm³/mol. The summed E-state index contributed by atoms with van der Waals surface area (Å²) < 4.78 is 4.72.